The molecule has 0 spiro atoms. The highest BCUT2D eigenvalue weighted by molar-refractivity contribution is 9.10. The van der Waals surface area contributed by atoms with E-state index in [1.165, 1.54) is 12.1 Å². The number of nitrogens with zero attached hydrogens (tertiary/aromatic N) is 1. The number of carbonyl (C=O) groups is 2. The van der Waals surface area contributed by atoms with Crippen LogP contribution in [0.2, 0.25) is 5.02 Å². The maximum Gasteiger partial charge on any atom is 0.286 e. The molecule has 0 saturated heterocycles. The van der Waals surface area contributed by atoms with Gasteiger partial charge in [-0.3, -0.25) is 20.4 Å². The standard InChI is InChI=1S/C14H13BrClN3O4S/c1-19-7-8(15)5-12(19)14(21)18-17-13(20)10-6-9(24(2,22)23)3-4-11(10)16/h3-7H,1-2H3,(H,17,20)(H,18,21). The van der Waals surface area contributed by atoms with E-state index in [2.05, 4.69) is 26.8 Å². The number of halogens is 2. The number of rotatable bonds is 3. The van der Waals surface area contributed by atoms with Crippen LogP contribution in [-0.2, 0) is 16.9 Å². The van der Waals surface area contributed by atoms with Crippen molar-refractivity contribution in [2.24, 2.45) is 7.05 Å². The summed E-state index contributed by atoms with van der Waals surface area (Å²) >= 11 is 9.16. The summed E-state index contributed by atoms with van der Waals surface area (Å²) < 4.78 is 25.4. The minimum atomic E-state index is -3.49. The number of benzene rings is 1. The third kappa shape index (κ3) is 4.16. The van der Waals surface area contributed by atoms with Gasteiger partial charge < -0.3 is 4.57 Å². The zero-order valence-corrected chi connectivity index (χ0v) is 15.8. The Hall–Kier alpha value is -1.84. The molecule has 128 valence electrons. The van der Waals surface area contributed by atoms with Crippen molar-refractivity contribution >= 4 is 49.2 Å². The minimum Gasteiger partial charge on any atom is -0.345 e. The van der Waals surface area contributed by atoms with Crippen LogP contribution in [0.4, 0.5) is 0 Å². The summed E-state index contributed by atoms with van der Waals surface area (Å²) in [6, 6.07) is 5.34. The number of aryl methyl sites for hydroxylation is 1. The lowest BCUT2D eigenvalue weighted by Gasteiger charge is -2.10. The number of sulfone groups is 1. The predicted molar refractivity (Wildman–Crippen MR) is 92.6 cm³/mol. The topological polar surface area (TPSA) is 97.3 Å². The molecule has 1 aromatic carbocycles. The molecule has 0 aliphatic heterocycles. The second-order valence-electron chi connectivity index (χ2n) is 4.98. The van der Waals surface area contributed by atoms with Gasteiger partial charge in [0, 0.05) is 24.0 Å². The number of carbonyl (C=O) groups excluding carboxylic acids is 2. The van der Waals surface area contributed by atoms with E-state index in [4.69, 9.17) is 11.6 Å². The molecule has 2 aromatic rings. The largest absolute Gasteiger partial charge is 0.345 e. The van der Waals surface area contributed by atoms with Crippen LogP contribution in [0.3, 0.4) is 0 Å². The first kappa shape index (κ1) is 18.5. The molecule has 0 aliphatic rings. The van der Waals surface area contributed by atoms with Gasteiger partial charge in [0.15, 0.2) is 9.84 Å². The van der Waals surface area contributed by atoms with E-state index in [1.54, 1.807) is 23.9 Å². The monoisotopic (exact) mass is 433 g/mol. The Morgan fingerprint density at radius 3 is 2.33 bits per heavy atom. The predicted octanol–water partition coefficient (Wildman–Crippen LogP) is 1.92. The van der Waals surface area contributed by atoms with Gasteiger partial charge in [0.05, 0.1) is 15.5 Å². The molecule has 0 atom stereocenters. The van der Waals surface area contributed by atoms with Crippen LogP contribution in [0.25, 0.3) is 0 Å². The summed E-state index contributed by atoms with van der Waals surface area (Å²) in [6.07, 6.45) is 2.70. The fourth-order valence-electron chi connectivity index (χ4n) is 1.90. The normalized spacial score (nSPS) is 11.2. The van der Waals surface area contributed by atoms with Gasteiger partial charge in [-0.1, -0.05) is 11.6 Å². The Morgan fingerprint density at radius 1 is 1.17 bits per heavy atom. The molecular weight excluding hydrogens is 422 g/mol. The van der Waals surface area contributed by atoms with Gasteiger partial charge in [-0.2, -0.15) is 0 Å². The molecule has 0 fully saturated rings. The van der Waals surface area contributed by atoms with Gasteiger partial charge in [-0.25, -0.2) is 8.42 Å². The summed E-state index contributed by atoms with van der Waals surface area (Å²) in [6.45, 7) is 0. The number of hydrazine groups is 1. The lowest BCUT2D eigenvalue weighted by molar-refractivity contribution is 0.0842. The van der Waals surface area contributed by atoms with Crippen molar-refractivity contribution in [2.75, 3.05) is 6.26 Å². The van der Waals surface area contributed by atoms with E-state index in [9.17, 15) is 18.0 Å². The van der Waals surface area contributed by atoms with Crippen molar-refractivity contribution in [1.82, 2.24) is 15.4 Å². The number of hydrogen-bond donors (Lipinski definition) is 2. The molecule has 7 nitrogen and oxygen atoms in total. The quantitative estimate of drug-likeness (QED) is 0.721. The van der Waals surface area contributed by atoms with Gasteiger partial charge in [0.1, 0.15) is 5.69 Å². The molecule has 10 heteroatoms. The van der Waals surface area contributed by atoms with Gasteiger partial charge in [-0.05, 0) is 40.2 Å². The second-order valence-corrected chi connectivity index (χ2v) is 8.32. The molecule has 2 rings (SSSR count). The van der Waals surface area contributed by atoms with E-state index < -0.39 is 21.7 Å². The summed E-state index contributed by atoms with van der Waals surface area (Å²) in [5.74, 6) is -1.26. The van der Waals surface area contributed by atoms with Crippen LogP contribution >= 0.6 is 27.5 Å². The number of nitrogens with one attached hydrogen (secondary N) is 2. The molecule has 0 bridgehead atoms. The summed E-state index contributed by atoms with van der Waals surface area (Å²) in [4.78, 5) is 24.1. The lowest BCUT2D eigenvalue weighted by Crippen LogP contribution is -2.42. The van der Waals surface area contributed by atoms with Crippen LogP contribution in [0.5, 0.6) is 0 Å². The van der Waals surface area contributed by atoms with Crippen molar-refractivity contribution in [2.45, 2.75) is 4.90 Å². The highest BCUT2D eigenvalue weighted by Crippen LogP contribution is 2.20. The Bertz CT molecular complexity index is 924. The van der Waals surface area contributed by atoms with Crippen LogP contribution in [0, 0.1) is 0 Å². The fourth-order valence-corrected chi connectivity index (χ4v) is 3.28. The average molecular weight is 435 g/mol. The molecular formula is C14H13BrClN3O4S. The third-order valence-electron chi connectivity index (χ3n) is 3.10. The molecule has 0 saturated carbocycles. The first-order valence-corrected chi connectivity index (χ1v) is 9.58. The van der Waals surface area contributed by atoms with Crippen LogP contribution in [-0.4, -0.2) is 31.1 Å². The van der Waals surface area contributed by atoms with Crippen molar-refractivity contribution in [3.05, 3.63) is 51.2 Å². The van der Waals surface area contributed by atoms with E-state index in [1.807, 2.05) is 0 Å². The highest BCUT2D eigenvalue weighted by Gasteiger charge is 2.17. The fraction of sp³-hybridized carbons (Fsp3) is 0.143. The molecule has 24 heavy (non-hydrogen) atoms. The van der Waals surface area contributed by atoms with Crippen LogP contribution in [0.15, 0.2) is 39.8 Å². The summed E-state index contributed by atoms with van der Waals surface area (Å²) in [7, 11) is -1.81. The molecule has 0 aliphatic carbocycles. The molecule has 0 radical (unpaired) electrons. The van der Waals surface area contributed by atoms with E-state index >= 15 is 0 Å². The van der Waals surface area contributed by atoms with Crippen molar-refractivity contribution in [1.29, 1.82) is 0 Å². The lowest BCUT2D eigenvalue weighted by atomic mass is 10.2. The second kappa shape index (κ2) is 6.96. The molecule has 1 heterocycles. The van der Waals surface area contributed by atoms with Crippen LogP contribution < -0.4 is 10.9 Å². The zero-order chi connectivity index (χ0) is 18.1. The average Bonchev–Trinajstić information content (AvgIpc) is 2.82. The Kier molecular flexibility index (Phi) is 5.36. The zero-order valence-electron chi connectivity index (χ0n) is 12.6. The van der Waals surface area contributed by atoms with Crippen molar-refractivity contribution in [3.8, 4) is 0 Å². The van der Waals surface area contributed by atoms with Gasteiger partial charge in [-0.15, -0.1) is 0 Å². The first-order valence-electron chi connectivity index (χ1n) is 6.51. The van der Waals surface area contributed by atoms with Gasteiger partial charge in [0.25, 0.3) is 11.8 Å². The van der Waals surface area contributed by atoms with Crippen molar-refractivity contribution < 1.29 is 18.0 Å². The van der Waals surface area contributed by atoms with Gasteiger partial charge in [0.2, 0.25) is 0 Å². The van der Waals surface area contributed by atoms with E-state index in [0.717, 1.165) is 12.3 Å². The smallest absolute Gasteiger partial charge is 0.286 e. The third-order valence-corrected chi connectivity index (χ3v) is 4.98. The summed E-state index contributed by atoms with van der Waals surface area (Å²) in [5.41, 5.74) is 4.71. The number of amides is 2. The minimum absolute atomic E-state index is 0.0465. The Labute approximate surface area is 152 Å². The number of hydrogen-bond acceptors (Lipinski definition) is 4. The first-order chi connectivity index (χ1) is 11.1. The highest BCUT2D eigenvalue weighted by atomic mass is 79.9. The summed E-state index contributed by atoms with van der Waals surface area (Å²) in [5, 5.41) is 0.0655. The SMILES string of the molecule is Cn1cc(Br)cc1C(=O)NNC(=O)c1cc(S(C)(=O)=O)ccc1Cl. The number of aromatic nitrogens is 1. The van der Waals surface area contributed by atoms with Gasteiger partial charge >= 0.3 is 0 Å². The van der Waals surface area contributed by atoms with E-state index in [-0.39, 0.29) is 15.5 Å². The molecule has 2 N–H and O–H groups in total. The van der Waals surface area contributed by atoms with Crippen molar-refractivity contribution in [3.63, 3.8) is 0 Å². The molecule has 0 unspecified atom stereocenters. The Morgan fingerprint density at radius 2 is 1.79 bits per heavy atom. The maximum absolute atomic E-state index is 12.1. The van der Waals surface area contributed by atoms with Crippen LogP contribution in [0.1, 0.15) is 20.8 Å². The molecule has 2 amide bonds. The molecule has 1 aromatic heterocycles. The Balaban J connectivity index is 2.16. The maximum atomic E-state index is 12.1. The van der Waals surface area contributed by atoms with E-state index in [0.29, 0.717) is 10.2 Å².